The zero-order valence-corrected chi connectivity index (χ0v) is 13.7. The van der Waals surface area contributed by atoms with Crippen molar-refractivity contribution in [1.82, 2.24) is 0 Å². The fourth-order valence-corrected chi connectivity index (χ4v) is 4.51. The molecule has 0 fully saturated rings. The van der Waals surface area contributed by atoms with E-state index in [0.29, 0.717) is 11.6 Å². The molecule has 0 spiro atoms. The molecule has 1 aromatic carbocycles. The zero-order chi connectivity index (χ0) is 14.1. The van der Waals surface area contributed by atoms with Gasteiger partial charge in [0.2, 0.25) is 0 Å². The molecule has 0 radical (unpaired) electrons. The average Bonchev–Trinajstić information content (AvgIpc) is 2.26. The Bertz CT molecular complexity index is 453. The summed E-state index contributed by atoms with van der Waals surface area (Å²) < 4.78 is 0. The molecule has 2 N–H and O–H groups in total. The van der Waals surface area contributed by atoms with Crippen LogP contribution in [-0.2, 0) is 6.54 Å². The van der Waals surface area contributed by atoms with Gasteiger partial charge in [0.25, 0.3) is 0 Å². The fraction of sp³-hybridized carbons (Fsp3) is 0.500. The highest BCUT2D eigenvalue weighted by Crippen LogP contribution is 2.36. The van der Waals surface area contributed by atoms with E-state index in [9.17, 15) is 0 Å². The highest BCUT2D eigenvalue weighted by atomic mass is 28.3. The summed E-state index contributed by atoms with van der Waals surface area (Å²) >= 11 is 0. The second-order valence-electron chi connectivity index (χ2n) is 6.69. The van der Waals surface area contributed by atoms with Gasteiger partial charge in [-0.05, 0) is 23.1 Å². The maximum atomic E-state index is 6.01. The molecule has 0 aromatic heterocycles. The molecule has 18 heavy (non-hydrogen) atoms. The first-order valence-electron chi connectivity index (χ1n) is 6.61. The van der Waals surface area contributed by atoms with Crippen molar-refractivity contribution in [1.29, 1.82) is 0 Å². The Morgan fingerprint density at radius 1 is 1.28 bits per heavy atom. The van der Waals surface area contributed by atoms with Crippen molar-refractivity contribution in [2.75, 3.05) is 0 Å². The van der Waals surface area contributed by atoms with Crippen molar-refractivity contribution < 1.29 is 0 Å². The van der Waals surface area contributed by atoms with Crippen molar-refractivity contribution in [2.24, 2.45) is 5.73 Å². The summed E-state index contributed by atoms with van der Waals surface area (Å²) in [4.78, 5) is 0. The lowest BCUT2D eigenvalue weighted by Crippen LogP contribution is -2.51. The van der Waals surface area contributed by atoms with Gasteiger partial charge in [-0.15, -0.1) is 0 Å². The Labute approximate surface area is 113 Å². The molecule has 0 aliphatic heterocycles. The van der Waals surface area contributed by atoms with E-state index in [4.69, 9.17) is 5.73 Å². The third-order valence-corrected chi connectivity index (χ3v) is 9.95. The van der Waals surface area contributed by atoms with Crippen molar-refractivity contribution in [3.63, 3.8) is 0 Å². The second-order valence-corrected chi connectivity index (χ2v) is 12.0. The monoisotopic (exact) mass is 261 g/mol. The van der Waals surface area contributed by atoms with Gasteiger partial charge >= 0.3 is 0 Å². The van der Waals surface area contributed by atoms with Gasteiger partial charge in [-0.25, -0.2) is 0 Å². The van der Waals surface area contributed by atoms with E-state index in [-0.39, 0.29) is 0 Å². The normalized spacial score (nSPS) is 12.6. The molecule has 100 valence electrons. The number of rotatable bonds is 3. The van der Waals surface area contributed by atoms with Crippen LogP contribution < -0.4 is 10.9 Å². The molecule has 0 bridgehead atoms. The van der Waals surface area contributed by atoms with E-state index in [0.717, 1.165) is 5.57 Å². The summed E-state index contributed by atoms with van der Waals surface area (Å²) in [5.74, 6) is 0. The Kier molecular flexibility index (Phi) is 4.24. The van der Waals surface area contributed by atoms with Gasteiger partial charge in [-0.3, -0.25) is 0 Å². The molecule has 0 amide bonds. The van der Waals surface area contributed by atoms with E-state index in [1.54, 1.807) is 0 Å². The van der Waals surface area contributed by atoms with Crippen molar-refractivity contribution in [3.05, 3.63) is 35.9 Å². The largest absolute Gasteiger partial charge is 0.326 e. The van der Waals surface area contributed by atoms with Crippen LogP contribution in [0.5, 0.6) is 0 Å². The number of nitrogens with two attached hydrogens (primary N) is 1. The van der Waals surface area contributed by atoms with Gasteiger partial charge < -0.3 is 5.73 Å². The minimum Gasteiger partial charge on any atom is -0.326 e. The molecule has 0 heterocycles. The van der Waals surface area contributed by atoms with Gasteiger partial charge in [-0.1, -0.05) is 69.4 Å². The molecule has 1 nitrogen and oxygen atoms in total. The van der Waals surface area contributed by atoms with E-state index in [1.807, 2.05) is 0 Å². The Balaban J connectivity index is 3.51. The Hall–Kier alpha value is -0.863. The molecule has 1 rings (SSSR count). The molecular formula is C16H27NSi. The highest BCUT2D eigenvalue weighted by molar-refractivity contribution is 6.92. The first-order valence-corrected chi connectivity index (χ1v) is 9.61. The molecule has 0 saturated carbocycles. The number of hydrogen-bond acceptors (Lipinski definition) is 1. The highest BCUT2D eigenvalue weighted by Gasteiger charge is 2.38. The number of hydrogen-bond donors (Lipinski definition) is 1. The van der Waals surface area contributed by atoms with Crippen LogP contribution in [0.4, 0.5) is 0 Å². The number of benzene rings is 1. The van der Waals surface area contributed by atoms with Gasteiger partial charge in [0.05, 0.1) is 8.07 Å². The minimum atomic E-state index is -1.54. The smallest absolute Gasteiger partial charge is 0.0863 e. The molecule has 0 aliphatic rings. The standard InChI is InChI=1S/C16H27NSi/c1-12(2)13-9-8-10-15(14(13)11-17)18(6,7)16(3,4)5/h8-10H,1,11,17H2,2-7H3. The summed E-state index contributed by atoms with van der Waals surface area (Å²) in [7, 11) is -1.54. The van der Waals surface area contributed by atoms with E-state index < -0.39 is 8.07 Å². The lowest BCUT2D eigenvalue weighted by molar-refractivity contribution is 0.729. The topological polar surface area (TPSA) is 26.0 Å². The van der Waals surface area contributed by atoms with Crippen molar-refractivity contribution >= 4 is 18.8 Å². The third kappa shape index (κ3) is 2.60. The van der Waals surface area contributed by atoms with Gasteiger partial charge in [-0.2, -0.15) is 0 Å². The van der Waals surface area contributed by atoms with Crippen LogP contribution in [0.3, 0.4) is 0 Å². The Morgan fingerprint density at radius 2 is 1.83 bits per heavy atom. The summed E-state index contributed by atoms with van der Waals surface area (Å²) in [6.45, 7) is 18.6. The van der Waals surface area contributed by atoms with Crippen molar-refractivity contribution in [3.8, 4) is 0 Å². The van der Waals surface area contributed by atoms with Crippen LogP contribution in [0.25, 0.3) is 5.57 Å². The minimum absolute atomic E-state index is 0.324. The van der Waals surface area contributed by atoms with Crippen LogP contribution in [0.15, 0.2) is 24.8 Å². The van der Waals surface area contributed by atoms with Crippen molar-refractivity contribution in [2.45, 2.75) is 52.4 Å². The summed E-state index contributed by atoms with van der Waals surface area (Å²) in [6.07, 6.45) is 0. The molecule has 1 aromatic rings. The average molecular weight is 261 g/mol. The summed E-state index contributed by atoms with van der Waals surface area (Å²) in [6, 6.07) is 6.56. The Morgan fingerprint density at radius 3 is 2.22 bits per heavy atom. The van der Waals surface area contributed by atoms with Crippen LogP contribution >= 0.6 is 0 Å². The van der Waals surface area contributed by atoms with E-state index in [2.05, 4.69) is 65.6 Å². The predicted octanol–water partition coefficient (Wildman–Crippen LogP) is 3.89. The molecular weight excluding hydrogens is 234 g/mol. The summed E-state index contributed by atoms with van der Waals surface area (Å²) in [5, 5.41) is 1.81. The number of allylic oxidation sites excluding steroid dienone is 1. The first-order chi connectivity index (χ1) is 8.13. The maximum absolute atomic E-state index is 6.01. The summed E-state index contributed by atoms with van der Waals surface area (Å²) in [5.41, 5.74) is 9.66. The zero-order valence-electron chi connectivity index (χ0n) is 12.7. The lowest BCUT2D eigenvalue weighted by Gasteiger charge is -2.39. The molecule has 2 heteroatoms. The van der Waals surface area contributed by atoms with Gasteiger partial charge in [0.15, 0.2) is 0 Å². The quantitative estimate of drug-likeness (QED) is 0.821. The van der Waals surface area contributed by atoms with E-state index in [1.165, 1.54) is 16.3 Å². The van der Waals surface area contributed by atoms with E-state index >= 15 is 0 Å². The van der Waals surface area contributed by atoms with Crippen LogP contribution in [0, 0.1) is 0 Å². The lowest BCUT2D eigenvalue weighted by atomic mass is 10.0. The van der Waals surface area contributed by atoms with Gasteiger partial charge in [0.1, 0.15) is 0 Å². The third-order valence-electron chi connectivity index (χ3n) is 4.39. The molecule has 0 saturated heterocycles. The van der Waals surface area contributed by atoms with Gasteiger partial charge in [0, 0.05) is 6.54 Å². The first kappa shape index (κ1) is 15.2. The van der Waals surface area contributed by atoms with Crippen LogP contribution in [-0.4, -0.2) is 8.07 Å². The predicted molar refractivity (Wildman–Crippen MR) is 85.9 cm³/mol. The maximum Gasteiger partial charge on any atom is 0.0863 e. The second kappa shape index (κ2) is 5.02. The van der Waals surface area contributed by atoms with Crippen LogP contribution in [0.2, 0.25) is 18.1 Å². The molecule has 0 atom stereocenters. The SMILES string of the molecule is C=C(C)c1cccc([Si](C)(C)C(C)(C)C)c1CN. The molecule has 0 unspecified atom stereocenters. The fourth-order valence-electron chi connectivity index (χ4n) is 2.20. The van der Waals surface area contributed by atoms with Crippen LogP contribution in [0.1, 0.15) is 38.8 Å². The molecule has 0 aliphatic carbocycles.